The second-order valence-corrected chi connectivity index (χ2v) is 2.69. The highest BCUT2D eigenvalue weighted by molar-refractivity contribution is 4.57. The Kier molecular flexibility index (Phi) is 3.04. The predicted molar refractivity (Wildman–Crippen MR) is 33.2 cm³/mol. The van der Waals surface area contributed by atoms with Crippen molar-refractivity contribution in [1.82, 2.24) is 0 Å². The number of hydrogen-bond donors (Lipinski definition) is 1. The molecule has 0 saturated heterocycles. The van der Waals surface area contributed by atoms with Crippen molar-refractivity contribution in [3.63, 3.8) is 0 Å². The zero-order valence-corrected chi connectivity index (χ0v) is 5.82. The molecule has 9 heavy (non-hydrogen) atoms. The quantitative estimate of drug-likeness (QED) is 0.591. The zero-order chi connectivity index (χ0) is 7.49. The summed E-state index contributed by atoms with van der Waals surface area (Å²) in [5.41, 5.74) is 4.45. The average Bonchev–Trinajstić information content (AvgIpc) is 1.59. The molecule has 0 radical (unpaired) electrons. The maximum Gasteiger partial charge on any atom is 0.300 e. The van der Waals surface area contributed by atoms with Crippen LogP contribution in [0.2, 0.25) is 0 Å². The van der Waals surface area contributed by atoms with Crippen molar-refractivity contribution in [2.75, 3.05) is 0 Å². The lowest BCUT2D eigenvalue weighted by Gasteiger charge is -2.10. The lowest BCUT2D eigenvalue weighted by Crippen LogP contribution is -2.28. The second kappa shape index (κ2) is 3.11. The minimum atomic E-state index is -2.97. The van der Waals surface area contributed by atoms with Crippen LogP contribution < -0.4 is 5.73 Å². The average molecular weight is 137 g/mol. The molecule has 0 aliphatic carbocycles. The Morgan fingerprint density at radius 1 is 1.44 bits per heavy atom. The van der Waals surface area contributed by atoms with Crippen molar-refractivity contribution in [1.29, 1.82) is 0 Å². The molecule has 0 rings (SSSR count). The van der Waals surface area contributed by atoms with Gasteiger partial charge in [0.05, 0.1) is 0 Å². The van der Waals surface area contributed by atoms with Crippen LogP contribution in [0.1, 0.15) is 26.7 Å². The minimum absolute atomic E-state index is 0.204. The van der Waals surface area contributed by atoms with Crippen molar-refractivity contribution < 1.29 is 8.78 Å². The van der Waals surface area contributed by atoms with Crippen LogP contribution in [0.15, 0.2) is 0 Å². The van der Waals surface area contributed by atoms with E-state index in [0.717, 1.165) is 0 Å². The van der Waals surface area contributed by atoms with Crippen LogP contribution in [0.4, 0.5) is 8.78 Å². The van der Waals surface area contributed by atoms with E-state index in [-0.39, 0.29) is 6.42 Å². The van der Waals surface area contributed by atoms with E-state index in [1.54, 1.807) is 0 Å². The van der Waals surface area contributed by atoms with Crippen molar-refractivity contribution in [3.8, 4) is 0 Å². The van der Waals surface area contributed by atoms with Crippen LogP contribution in [0.3, 0.4) is 0 Å². The highest BCUT2D eigenvalue weighted by Gasteiger charge is 2.20. The van der Waals surface area contributed by atoms with Gasteiger partial charge in [0.2, 0.25) is 0 Å². The van der Waals surface area contributed by atoms with Gasteiger partial charge in [-0.15, -0.1) is 0 Å². The number of alkyl halides is 2. The Hall–Kier alpha value is -0.180. The molecule has 0 unspecified atom stereocenters. The SMILES string of the molecule is CC(C)CCC(N)(F)F. The van der Waals surface area contributed by atoms with Gasteiger partial charge in [-0.1, -0.05) is 13.8 Å². The number of halogens is 2. The first kappa shape index (κ1) is 8.82. The van der Waals surface area contributed by atoms with Gasteiger partial charge in [0.1, 0.15) is 0 Å². The highest BCUT2D eigenvalue weighted by atomic mass is 19.3. The summed E-state index contributed by atoms with van der Waals surface area (Å²) < 4.78 is 23.7. The molecule has 0 amide bonds. The van der Waals surface area contributed by atoms with Crippen molar-refractivity contribution >= 4 is 0 Å². The van der Waals surface area contributed by atoms with Crippen LogP contribution in [0.25, 0.3) is 0 Å². The lowest BCUT2D eigenvalue weighted by atomic mass is 10.1. The molecule has 0 aliphatic heterocycles. The van der Waals surface area contributed by atoms with E-state index in [4.69, 9.17) is 0 Å². The molecule has 0 aliphatic rings. The molecule has 2 N–H and O–H groups in total. The van der Waals surface area contributed by atoms with Crippen LogP contribution in [-0.4, -0.2) is 6.05 Å². The zero-order valence-electron chi connectivity index (χ0n) is 5.82. The molecule has 0 atom stereocenters. The summed E-state index contributed by atoms with van der Waals surface area (Å²) in [5.74, 6) is 0.305. The normalized spacial score (nSPS) is 12.7. The summed E-state index contributed by atoms with van der Waals surface area (Å²) in [7, 11) is 0. The second-order valence-electron chi connectivity index (χ2n) is 2.69. The standard InChI is InChI=1S/C6H13F2N/c1-5(2)3-4-6(7,8)9/h5H,3-4,9H2,1-2H3. The molecule has 1 nitrogen and oxygen atoms in total. The Morgan fingerprint density at radius 2 is 1.89 bits per heavy atom. The Balaban J connectivity index is 3.28. The van der Waals surface area contributed by atoms with E-state index in [2.05, 4.69) is 5.73 Å². The Bertz CT molecular complexity index is 75.6. The van der Waals surface area contributed by atoms with Crippen molar-refractivity contribution in [3.05, 3.63) is 0 Å². The minimum Gasteiger partial charge on any atom is -0.272 e. The molecule has 0 aromatic carbocycles. The van der Waals surface area contributed by atoms with Crippen LogP contribution in [0.5, 0.6) is 0 Å². The van der Waals surface area contributed by atoms with Gasteiger partial charge in [-0.25, -0.2) is 0 Å². The molecule has 0 aromatic heterocycles. The summed E-state index contributed by atoms with van der Waals surface area (Å²) in [6, 6.07) is -2.97. The maximum absolute atomic E-state index is 11.9. The van der Waals surface area contributed by atoms with Crippen molar-refractivity contribution in [2.45, 2.75) is 32.7 Å². The maximum atomic E-state index is 11.9. The molecule has 56 valence electrons. The number of rotatable bonds is 3. The first-order chi connectivity index (χ1) is 3.92. The van der Waals surface area contributed by atoms with Crippen LogP contribution in [0, 0.1) is 5.92 Å². The monoisotopic (exact) mass is 137 g/mol. The van der Waals surface area contributed by atoms with E-state index >= 15 is 0 Å². The van der Waals surface area contributed by atoms with Crippen molar-refractivity contribution in [2.24, 2.45) is 11.7 Å². The first-order valence-corrected chi connectivity index (χ1v) is 3.08. The molecule has 0 aromatic rings. The third kappa shape index (κ3) is 7.82. The van der Waals surface area contributed by atoms with Gasteiger partial charge in [-0.3, -0.25) is 5.73 Å². The number of hydrogen-bond acceptors (Lipinski definition) is 1. The predicted octanol–water partition coefficient (Wildman–Crippen LogP) is 1.97. The van der Waals surface area contributed by atoms with E-state index in [1.807, 2.05) is 13.8 Å². The van der Waals surface area contributed by atoms with Gasteiger partial charge in [-0.2, -0.15) is 8.78 Å². The molecular formula is C6H13F2N. The van der Waals surface area contributed by atoms with Gasteiger partial charge in [0.25, 0.3) is 6.05 Å². The summed E-state index contributed by atoms with van der Waals surface area (Å²) in [4.78, 5) is 0. The van der Waals surface area contributed by atoms with Gasteiger partial charge in [0.15, 0.2) is 0 Å². The molecule has 3 heteroatoms. The topological polar surface area (TPSA) is 26.0 Å². The third-order valence-corrected chi connectivity index (χ3v) is 1.06. The van der Waals surface area contributed by atoms with E-state index < -0.39 is 6.05 Å². The van der Waals surface area contributed by atoms with Gasteiger partial charge >= 0.3 is 0 Å². The van der Waals surface area contributed by atoms with Gasteiger partial charge < -0.3 is 0 Å². The Labute approximate surface area is 54.2 Å². The molecule has 0 spiro atoms. The largest absolute Gasteiger partial charge is 0.300 e. The molecular weight excluding hydrogens is 124 g/mol. The molecule has 0 saturated carbocycles. The summed E-state index contributed by atoms with van der Waals surface area (Å²) in [5, 5.41) is 0. The molecule has 0 fully saturated rings. The van der Waals surface area contributed by atoms with Crippen LogP contribution in [-0.2, 0) is 0 Å². The van der Waals surface area contributed by atoms with E-state index in [1.165, 1.54) is 0 Å². The first-order valence-electron chi connectivity index (χ1n) is 3.08. The lowest BCUT2D eigenvalue weighted by molar-refractivity contribution is -0.00557. The van der Waals surface area contributed by atoms with E-state index in [9.17, 15) is 8.78 Å². The Morgan fingerprint density at radius 3 is 2.00 bits per heavy atom. The van der Waals surface area contributed by atoms with Crippen LogP contribution >= 0.6 is 0 Å². The fourth-order valence-electron chi connectivity index (χ4n) is 0.481. The summed E-state index contributed by atoms with van der Waals surface area (Å²) >= 11 is 0. The van der Waals surface area contributed by atoms with Gasteiger partial charge in [0, 0.05) is 6.42 Å². The third-order valence-electron chi connectivity index (χ3n) is 1.06. The molecule has 0 heterocycles. The fourth-order valence-corrected chi connectivity index (χ4v) is 0.481. The van der Waals surface area contributed by atoms with E-state index in [0.29, 0.717) is 12.3 Å². The van der Waals surface area contributed by atoms with Gasteiger partial charge in [-0.05, 0) is 12.3 Å². The molecule has 0 bridgehead atoms. The summed E-state index contributed by atoms with van der Waals surface area (Å²) in [6.45, 7) is 3.79. The highest BCUT2D eigenvalue weighted by Crippen LogP contribution is 2.16. The number of nitrogens with two attached hydrogens (primary N) is 1. The smallest absolute Gasteiger partial charge is 0.272 e. The summed E-state index contributed by atoms with van der Waals surface area (Å²) in [6.07, 6.45) is 0.286. The fraction of sp³-hybridized carbons (Fsp3) is 1.00.